The maximum absolute atomic E-state index is 6.08. The molecule has 0 aliphatic rings. The summed E-state index contributed by atoms with van der Waals surface area (Å²) in [7, 11) is 0. The van der Waals surface area contributed by atoms with Crippen LogP contribution in [0.4, 0.5) is 0 Å². The summed E-state index contributed by atoms with van der Waals surface area (Å²) in [4.78, 5) is 4.24. The topological polar surface area (TPSA) is 48.1 Å². The number of halogens is 1. The van der Waals surface area contributed by atoms with Crippen LogP contribution in [0.5, 0.6) is 5.75 Å². The molecule has 3 nitrogen and oxygen atoms in total. The van der Waals surface area contributed by atoms with Crippen LogP contribution in [0.1, 0.15) is 30.2 Å². The molecule has 0 fully saturated rings. The number of nitrogens with two attached hydrogens (primary N) is 1. The highest BCUT2D eigenvalue weighted by atomic mass is 79.9. The Labute approximate surface area is 132 Å². The number of hydrogen-bond acceptors (Lipinski definition) is 4. The molecule has 0 bridgehead atoms. The average Bonchev–Trinajstić information content (AvgIpc) is 2.90. The van der Waals surface area contributed by atoms with E-state index in [1.165, 1.54) is 0 Å². The summed E-state index contributed by atoms with van der Waals surface area (Å²) in [5.41, 5.74) is 11.1. The number of nitrogens with zero attached hydrogens (tertiary/aromatic N) is 1. The van der Waals surface area contributed by atoms with E-state index >= 15 is 0 Å². The van der Waals surface area contributed by atoms with E-state index in [9.17, 15) is 0 Å². The van der Waals surface area contributed by atoms with Gasteiger partial charge in [-0.2, -0.15) is 0 Å². The lowest BCUT2D eigenvalue weighted by Crippen LogP contribution is -2.22. The van der Waals surface area contributed by atoms with Crippen LogP contribution in [0.3, 0.4) is 0 Å². The van der Waals surface area contributed by atoms with Crippen molar-refractivity contribution in [2.24, 2.45) is 5.73 Å². The van der Waals surface area contributed by atoms with E-state index in [1.807, 2.05) is 10.9 Å². The summed E-state index contributed by atoms with van der Waals surface area (Å²) in [6.07, 6.45) is 1.78. The lowest BCUT2D eigenvalue weighted by molar-refractivity contribution is 0.296. The van der Waals surface area contributed by atoms with E-state index in [4.69, 9.17) is 10.5 Å². The van der Waals surface area contributed by atoms with Gasteiger partial charge in [0.2, 0.25) is 0 Å². The van der Waals surface area contributed by atoms with Gasteiger partial charge in [-0.1, -0.05) is 22.9 Å². The van der Waals surface area contributed by atoms with Crippen LogP contribution >= 0.6 is 27.3 Å². The van der Waals surface area contributed by atoms with Gasteiger partial charge in [-0.25, -0.2) is 4.98 Å². The maximum atomic E-state index is 6.08. The van der Waals surface area contributed by atoms with Crippen LogP contribution < -0.4 is 10.5 Å². The zero-order valence-electron chi connectivity index (χ0n) is 11.7. The summed E-state index contributed by atoms with van der Waals surface area (Å²) in [6.45, 7) is 4.66. The highest BCUT2D eigenvalue weighted by Gasteiger charge is 2.12. The zero-order chi connectivity index (χ0) is 14.5. The predicted octanol–water partition coefficient (Wildman–Crippen LogP) is 4.07. The van der Waals surface area contributed by atoms with Crippen LogP contribution in [-0.4, -0.2) is 11.0 Å². The van der Waals surface area contributed by atoms with E-state index in [1.54, 1.807) is 11.3 Å². The van der Waals surface area contributed by atoms with Crippen molar-refractivity contribution < 1.29 is 4.74 Å². The van der Waals surface area contributed by atoms with Gasteiger partial charge in [0.25, 0.3) is 0 Å². The molecule has 1 unspecified atom stereocenters. The molecule has 2 rings (SSSR count). The van der Waals surface area contributed by atoms with Crippen LogP contribution in [0.2, 0.25) is 0 Å². The number of hydrogen-bond donors (Lipinski definition) is 1. The van der Waals surface area contributed by atoms with Gasteiger partial charge in [0.1, 0.15) is 12.4 Å². The number of thiazole rings is 1. The molecule has 1 heterocycles. The third-order valence-electron chi connectivity index (χ3n) is 3.17. The lowest BCUT2D eigenvalue weighted by atomic mass is 10.0. The highest BCUT2D eigenvalue weighted by molar-refractivity contribution is 9.10. The normalized spacial score (nSPS) is 12.4. The van der Waals surface area contributed by atoms with Crippen molar-refractivity contribution in [3.8, 4) is 5.75 Å². The Hall–Kier alpha value is -0.910. The molecule has 1 aromatic carbocycles. The van der Waals surface area contributed by atoms with Gasteiger partial charge < -0.3 is 10.5 Å². The Balaban J connectivity index is 2.20. The number of ether oxygens (including phenoxy) is 1. The molecule has 0 radical (unpaired) electrons. The Bertz CT molecular complexity index is 557. The molecular formula is C15H19BrN2OS. The molecule has 1 atom stereocenters. The van der Waals surface area contributed by atoms with Gasteiger partial charge in [0, 0.05) is 15.9 Å². The molecule has 20 heavy (non-hydrogen) atoms. The first-order chi connectivity index (χ1) is 9.60. The minimum atomic E-state index is 0.158. The van der Waals surface area contributed by atoms with E-state index in [0.29, 0.717) is 6.61 Å². The van der Waals surface area contributed by atoms with Gasteiger partial charge >= 0.3 is 0 Å². The molecule has 0 spiro atoms. The molecule has 2 N–H and O–H groups in total. The van der Waals surface area contributed by atoms with Crippen LogP contribution in [-0.2, 0) is 13.0 Å². The molecule has 108 valence electrons. The van der Waals surface area contributed by atoms with E-state index in [2.05, 4.69) is 46.9 Å². The molecule has 0 saturated carbocycles. The molecule has 0 aliphatic heterocycles. The van der Waals surface area contributed by atoms with E-state index in [-0.39, 0.29) is 6.04 Å². The van der Waals surface area contributed by atoms with Crippen LogP contribution in [0.15, 0.2) is 27.5 Å². The summed E-state index contributed by atoms with van der Waals surface area (Å²) in [5.74, 6) is 0.935. The van der Waals surface area contributed by atoms with Crippen molar-refractivity contribution in [2.75, 3.05) is 0 Å². The van der Waals surface area contributed by atoms with Crippen LogP contribution in [0.25, 0.3) is 0 Å². The smallest absolute Gasteiger partial charge is 0.131 e. The second-order valence-corrected chi connectivity index (χ2v) is 6.49. The predicted molar refractivity (Wildman–Crippen MR) is 87.3 cm³/mol. The summed E-state index contributed by atoms with van der Waals surface area (Å²) >= 11 is 5.12. The highest BCUT2D eigenvalue weighted by Crippen LogP contribution is 2.30. The fourth-order valence-corrected chi connectivity index (χ4v) is 3.20. The first kappa shape index (κ1) is 15.5. The largest absolute Gasteiger partial charge is 0.487 e. The fraction of sp³-hybridized carbons (Fsp3) is 0.400. The average molecular weight is 355 g/mol. The first-order valence-electron chi connectivity index (χ1n) is 6.64. The standard InChI is InChI=1S/C15H19BrN2OS/c1-3-13(17)6-11-5-12(16)4-10(2)15(11)19-7-14-8-20-9-18-14/h4-5,8-9,13H,3,6-7,17H2,1-2H3. The van der Waals surface area contributed by atoms with Gasteiger partial charge in [0.05, 0.1) is 11.2 Å². The summed E-state index contributed by atoms with van der Waals surface area (Å²) < 4.78 is 7.04. The Morgan fingerprint density at radius 2 is 2.25 bits per heavy atom. The van der Waals surface area contributed by atoms with Gasteiger partial charge in [0.15, 0.2) is 0 Å². The zero-order valence-corrected chi connectivity index (χ0v) is 14.1. The number of aryl methyl sites for hydroxylation is 1. The number of benzene rings is 1. The number of aromatic nitrogens is 1. The minimum absolute atomic E-state index is 0.158. The summed E-state index contributed by atoms with van der Waals surface area (Å²) in [5, 5.41) is 2.01. The van der Waals surface area contributed by atoms with Crippen molar-refractivity contribution in [3.05, 3.63) is 44.3 Å². The first-order valence-corrected chi connectivity index (χ1v) is 8.38. The third kappa shape index (κ3) is 4.04. The van der Waals surface area contributed by atoms with Crippen molar-refractivity contribution in [2.45, 2.75) is 39.3 Å². The van der Waals surface area contributed by atoms with Crippen molar-refractivity contribution in [3.63, 3.8) is 0 Å². The Kier molecular flexibility index (Phi) is 5.57. The molecule has 0 amide bonds. The molecule has 1 aromatic heterocycles. The molecule has 0 aliphatic carbocycles. The minimum Gasteiger partial charge on any atom is -0.487 e. The van der Waals surface area contributed by atoms with Gasteiger partial charge in [-0.3, -0.25) is 0 Å². The van der Waals surface area contributed by atoms with Crippen molar-refractivity contribution in [1.82, 2.24) is 4.98 Å². The van der Waals surface area contributed by atoms with E-state index in [0.717, 1.165) is 39.9 Å². The van der Waals surface area contributed by atoms with Crippen molar-refractivity contribution >= 4 is 27.3 Å². The lowest BCUT2D eigenvalue weighted by Gasteiger charge is -2.17. The maximum Gasteiger partial charge on any atom is 0.131 e. The van der Waals surface area contributed by atoms with E-state index < -0.39 is 0 Å². The third-order valence-corrected chi connectivity index (χ3v) is 4.26. The Morgan fingerprint density at radius 3 is 2.90 bits per heavy atom. The van der Waals surface area contributed by atoms with Crippen molar-refractivity contribution in [1.29, 1.82) is 0 Å². The van der Waals surface area contributed by atoms with Gasteiger partial charge in [-0.05, 0) is 43.0 Å². The van der Waals surface area contributed by atoms with Crippen LogP contribution in [0, 0.1) is 6.92 Å². The molecule has 5 heteroatoms. The Morgan fingerprint density at radius 1 is 1.45 bits per heavy atom. The second kappa shape index (κ2) is 7.20. The number of rotatable bonds is 6. The van der Waals surface area contributed by atoms with Gasteiger partial charge in [-0.15, -0.1) is 11.3 Å². The fourth-order valence-electron chi connectivity index (χ4n) is 2.04. The monoisotopic (exact) mass is 354 g/mol. The molecule has 2 aromatic rings. The quantitative estimate of drug-likeness (QED) is 0.850. The molecular weight excluding hydrogens is 336 g/mol. The summed E-state index contributed by atoms with van der Waals surface area (Å²) in [6, 6.07) is 4.32. The molecule has 0 saturated heterocycles. The second-order valence-electron chi connectivity index (χ2n) is 4.85. The SMILES string of the molecule is CCC(N)Cc1cc(Br)cc(C)c1OCc1cscn1.